The van der Waals surface area contributed by atoms with Gasteiger partial charge in [0, 0.05) is 22.0 Å². The van der Waals surface area contributed by atoms with Gasteiger partial charge in [-0.05, 0) is 47.9 Å². The van der Waals surface area contributed by atoms with Gasteiger partial charge >= 0.3 is 0 Å². The molecule has 0 saturated carbocycles. The molecule has 5 rings (SSSR count). The van der Waals surface area contributed by atoms with E-state index in [9.17, 15) is 4.39 Å². The van der Waals surface area contributed by atoms with Gasteiger partial charge in [0.15, 0.2) is 0 Å². The SMILES string of the molecule is CCc1ccc(C2=NN3[C@H](C2)c2cc(Br)ccc2O[C@@H]3c2ccc(F)cc2)cc1. The van der Waals surface area contributed by atoms with Crippen LogP contribution in [0, 0.1) is 5.82 Å². The van der Waals surface area contributed by atoms with Crippen LogP contribution in [0.4, 0.5) is 4.39 Å². The van der Waals surface area contributed by atoms with Crippen LogP contribution in [-0.4, -0.2) is 10.7 Å². The predicted molar refractivity (Wildman–Crippen MR) is 115 cm³/mol. The number of halogens is 2. The van der Waals surface area contributed by atoms with E-state index in [-0.39, 0.29) is 18.1 Å². The molecular weight excluding hydrogens is 431 g/mol. The Morgan fingerprint density at radius 1 is 1.07 bits per heavy atom. The van der Waals surface area contributed by atoms with Crippen molar-refractivity contribution >= 4 is 21.6 Å². The summed E-state index contributed by atoms with van der Waals surface area (Å²) < 4.78 is 20.8. The fourth-order valence-corrected chi connectivity index (χ4v) is 4.39. The second kappa shape index (κ2) is 7.30. The normalized spacial score (nSPS) is 20.0. The van der Waals surface area contributed by atoms with Crippen molar-refractivity contribution in [2.45, 2.75) is 32.0 Å². The average molecular weight is 451 g/mol. The standard InChI is InChI=1S/C24H20BrFN2O/c1-2-15-3-5-16(6-4-15)21-14-22-20-13-18(25)9-12-23(20)29-24(28(22)27-21)17-7-10-19(26)11-8-17/h3-13,22,24H,2,14H2,1H3/t22-,24-/m1/s1. The third-order valence-corrected chi connectivity index (χ3v) is 6.10. The molecule has 2 aliphatic rings. The summed E-state index contributed by atoms with van der Waals surface area (Å²) in [7, 11) is 0. The van der Waals surface area contributed by atoms with Crippen LogP contribution in [0.15, 0.2) is 76.3 Å². The Bertz CT molecular complexity index is 1080. The molecule has 29 heavy (non-hydrogen) atoms. The predicted octanol–water partition coefficient (Wildman–Crippen LogP) is 6.39. The zero-order valence-corrected chi connectivity index (χ0v) is 17.6. The Kier molecular flexibility index (Phi) is 4.63. The van der Waals surface area contributed by atoms with Crippen LogP contribution in [0.5, 0.6) is 5.75 Å². The lowest BCUT2D eigenvalue weighted by Gasteiger charge is -2.38. The minimum absolute atomic E-state index is 0.0761. The Labute approximate surface area is 177 Å². The quantitative estimate of drug-likeness (QED) is 0.461. The molecule has 2 atom stereocenters. The van der Waals surface area contributed by atoms with Crippen molar-refractivity contribution in [3.63, 3.8) is 0 Å². The number of benzene rings is 3. The molecule has 5 heteroatoms. The smallest absolute Gasteiger partial charge is 0.213 e. The number of ether oxygens (including phenoxy) is 1. The van der Waals surface area contributed by atoms with Gasteiger partial charge in [-0.3, -0.25) is 0 Å². The number of fused-ring (bicyclic) bond motifs is 3. The molecule has 0 saturated heterocycles. The highest BCUT2D eigenvalue weighted by atomic mass is 79.9. The van der Waals surface area contributed by atoms with Gasteiger partial charge in [-0.2, -0.15) is 5.10 Å². The number of hydrogen-bond acceptors (Lipinski definition) is 3. The molecule has 0 fully saturated rings. The maximum atomic E-state index is 13.5. The second-order valence-corrected chi connectivity index (χ2v) is 8.32. The van der Waals surface area contributed by atoms with E-state index in [0.717, 1.165) is 45.5 Å². The Morgan fingerprint density at radius 3 is 2.55 bits per heavy atom. The first kappa shape index (κ1) is 18.4. The van der Waals surface area contributed by atoms with Crippen molar-refractivity contribution in [1.29, 1.82) is 0 Å². The van der Waals surface area contributed by atoms with Crippen molar-refractivity contribution in [3.8, 4) is 5.75 Å². The molecule has 0 N–H and O–H groups in total. The van der Waals surface area contributed by atoms with Crippen LogP contribution in [0.25, 0.3) is 0 Å². The van der Waals surface area contributed by atoms with E-state index in [1.165, 1.54) is 17.7 Å². The van der Waals surface area contributed by atoms with E-state index in [0.29, 0.717) is 0 Å². The number of rotatable bonds is 3. The maximum Gasteiger partial charge on any atom is 0.213 e. The monoisotopic (exact) mass is 450 g/mol. The van der Waals surface area contributed by atoms with E-state index in [1.807, 2.05) is 17.1 Å². The summed E-state index contributed by atoms with van der Waals surface area (Å²) in [6.07, 6.45) is 1.43. The molecule has 0 aliphatic carbocycles. The highest BCUT2D eigenvalue weighted by Crippen LogP contribution is 2.48. The van der Waals surface area contributed by atoms with Gasteiger partial charge in [-0.1, -0.05) is 59.3 Å². The van der Waals surface area contributed by atoms with Gasteiger partial charge in [0.25, 0.3) is 0 Å². The Morgan fingerprint density at radius 2 is 1.83 bits per heavy atom. The molecule has 0 amide bonds. The molecule has 3 aromatic rings. The lowest BCUT2D eigenvalue weighted by Crippen LogP contribution is -2.33. The lowest BCUT2D eigenvalue weighted by atomic mass is 9.95. The Hall–Kier alpha value is -2.66. The molecule has 3 nitrogen and oxygen atoms in total. The van der Waals surface area contributed by atoms with Gasteiger partial charge < -0.3 is 4.74 Å². The molecule has 146 valence electrons. The van der Waals surface area contributed by atoms with E-state index >= 15 is 0 Å². The third kappa shape index (κ3) is 3.33. The highest BCUT2D eigenvalue weighted by Gasteiger charge is 2.41. The fraction of sp³-hybridized carbons (Fsp3) is 0.208. The topological polar surface area (TPSA) is 24.8 Å². The van der Waals surface area contributed by atoms with Crippen molar-refractivity contribution in [1.82, 2.24) is 5.01 Å². The molecule has 0 bridgehead atoms. The van der Waals surface area contributed by atoms with Crippen LogP contribution >= 0.6 is 15.9 Å². The minimum atomic E-state index is -0.387. The number of hydrazone groups is 1. The number of aryl methyl sites for hydroxylation is 1. The zero-order valence-electron chi connectivity index (χ0n) is 16.0. The zero-order chi connectivity index (χ0) is 20.0. The summed E-state index contributed by atoms with van der Waals surface area (Å²) in [5, 5.41) is 6.98. The average Bonchev–Trinajstić information content (AvgIpc) is 3.20. The first-order valence-corrected chi connectivity index (χ1v) is 10.6. The summed E-state index contributed by atoms with van der Waals surface area (Å²) in [6.45, 7) is 2.15. The van der Waals surface area contributed by atoms with E-state index in [1.54, 1.807) is 12.1 Å². The maximum absolute atomic E-state index is 13.5. The lowest BCUT2D eigenvalue weighted by molar-refractivity contribution is -0.0191. The molecule has 0 spiro atoms. The third-order valence-electron chi connectivity index (χ3n) is 5.60. The molecule has 3 aromatic carbocycles. The summed E-state index contributed by atoms with van der Waals surface area (Å²) in [4.78, 5) is 0. The van der Waals surface area contributed by atoms with Crippen molar-refractivity contribution in [2.75, 3.05) is 0 Å². The molecule has 0 aromatic heterocycles. The first-order chi connectivity index (χ1) is 14.1. The van der Waals surface area contributed by atoms with Crippen LogP contribution in [0.2, 0.25) is 0 Å². The van der Waals surface area contributed by atoms with Gasteiger partial charge in [0.2, 0.25) is 6.23 Å². The number of hydrogen-bond donors (Lipinski definition) is 0. The molecule has 2 heterocycles. The van der Waals surface area contributed by atoms with Crippen LogP contribution in [0.1, 0.15) is 47.9 Å². The highest BCUT2D eigenvalue weighted by molar-refractivity contribution is 9.10. The first-order valence-electron chi connectivity index (χ1n) is 9.79. The summed E-state index contributed by atoms with van der Waals surface area (Å²) >= 11 is 3.58. The van der Waals surface area contributed by atoms with Crippen LogP contribution < -0.4 is 4.74 Å². The summed E-state index contributed by atoms with van der Waals surface area (Å²) in [6, 6.07) is 21.2. The Balaban J connectivity index is 1.57. The molecule has 0 radical (unpaired) electrons. The number of nitrogens with zero attached hydrogens (tertiary/aromatic N) is 2. The van der Waals surface area contributed by atoms with Gasteiger partial charge in [0.05, 0.1) is 11.8 Å². The summed E-state index contributed by atoms with van der Waals surface area (Å²) in [5.41, 5.74) is 5.48. The van der Waals surface area contributed by atoms with Crippen molar-refractivity contribution in [3.05, 3.63) is 99.3 Å². The molecular formula is C24H20BrFN2O. The van der Waals surface area contributed by atoms with E-state index in [2.05, 4.69) is 53.2 Å². The van der Waals surface area contributed by atoms with Gasteiger partial charge in [-0.15, -0.1) is 0 Å². The van der Waals surface area contributed by atoms with Crippen molar-refractivity contribution in [2.24, 2.45) is 5.10 Å². The van der Waals surface area contributed by atoms with E-state index in [4.69, 9.17) is 9.84 Å². The fourth-order valence-electron chi connectivity index (χ4n) is 4.01. The van der Waals surface area contributed by atoms with Gasteiger partial charge in [0.1, 0.15) is 11.6 Å². The van der Waals surface area contributed by atoms with E-state index < -0.39 is 0 Å². The largest absolute Gasteiger partial charge is 0.464 e. The molecule has 0 unspecified atom stereocenters. The van der Waals surface area contributed by atoms with Gasteiger partial charge in [-0.25, -0.2) is 9.40 Å². The second-order valence-electron chi connectivity index (χ2n) is 7.40. The van der Waals surface area contributed by atoms with Crippen molar-refractivity contribution < 1.29 is 9.13 Å². The minimum Gasteiger partial charge on any atom is -0.464 e. The van der Waals surface area contributed by atoms with Crippen LogP contribution in [0.3, 0.4) is 0 Å². The summed E-state index contributed by atoms with van der Waals surface area (Å²) in [5.74, 6) is 0.591. The van der Waals surface area contributed by atoms with Crippen LogP contribution in [-0.2, 0) is 6.42 Å². The molecule has 2 aliphatic heterocycles.